The number of nitrogens with zero attached hydrogens (tertiary/aromatic N) is 1. The van der Waals surface area contributed by atoms with Crippen molar-refractivity contribution in [2.45, 2.75) is 6.92 Å². The lowest BCUT2D eigenvalue weighted by Gasteiger charge is -2.24. The fourth-order valence-electron chi connectivity index (χ4n) is 1.99. The second-order valence-electron chi connectivity index (χ2n) is 4.25. The summed E-state index contributed by atoms with van der Waals surface area (Å²) in [4.78, 5) is 1.90. The molecule has 2 rings (SSSR count). The monoisotopic (exact) mass is 292 g/mol. The van der Waals surface area contributed by atoms with Crippen molar-refractivity contribution in [2.75, 3.05) is 11.4 Å². The van der Waals surface area contributed by atoms with E-state index >= 15 is 0 Å². The molecule has 0 saturated carbocycles. The van der Waals surface area contributed by atoms with Gasteiger partial charge in [0.15, 0.2) is 0 Å². The molecule has 0 radical (unpaired) electrons. The summed E-state index contributed by atoms with van der Waals surface area (Å²) in [5.41, 5.74) is 7.08. The van der Waals surface area contributed by atoms with Gasteiger partial charge in [0.25, 0.3) is 0 Å². The second kappa shape index (κ2) is 5.96. The molecule has 2 aromatic carbocycles. The van der Waals surface area contributed by atoms with Gasteiger partial charge in [-0.3, -0.25) is 0 Å². The van der Waals surface area contributed by atoms with Crippen LogP contribution in [0.1, 0.15) is 12.5 Å². The summed E-state index contributed by atoms with van der Waals surface area (Å²) >= 11 is 4.82. The SMILES string of the molecule is CCN(c1ccc(F)cc1)c1ccc(C(N)=S)cc1F. The molecule has 2 N–H and O–H groups in total. The average molecular weight is 292 g/mol. The lowest BCUT2D eigenvalue weighted by Crippen LogP contribution is -2.18. The van der Waals surface area contributed by atoms with Crippen LogP contribution in [0.25, 0.3) is 0 Å². The molecule has 5 heteroatoms. The highest BCUT2D eigenvalue weighted by Crippen LogP contribution is 2.28. The van der Waals surface area contributed by atoms with Crippen molar-refractivity contribution in [1.82, 2.24) is 0 Å². The third kappa shape index (κ3) is 2.93. The predicted octanol–water partition coefficient (Wildman–Crippen LogP) is 3.76. The summed E-state index contributed by atoms with van der Waals surface area (Å²) in [6, 6.07) is 10.5. The minimum absolute atomic E-state index is 0.153. The highest BCUT2D eigenvalue weighted by Gasteiger charge is 2.13. The smallest absolute Gasteiger partial charge is 0.147 e. The molecule has 0 saturated heterocycles. The molecule has 104 valence electrons. The van der Waals surface area contributed by atoms with Crippen molar-refractivity contribution in [3.63, 3.8) is 0 Å². The van der Waals surface area contributed by atoms with Crippen LogP contribution in [0.5, 0.6) is 0 Å². The average Bonchev–Trinajstić information content (AvgIpc) is 2.43. The molecule has 0 unspecified atom stereocenters. The molecule has 0 heterocycles. The number of hydrogen-bond donors (Lipinski definition) is 1. The van der Waals surface area contributed by atoms with Crippen LogP contribution < -0.4 is 10.6 Å². The summed E-state index contributed by atoms with van der Waals surface area (Å²) in [6.07, 6.45) is 0. The molecule has 20 heavy (non-hydrogen) atoms. The van der Waals surface area contributed by atoms with Crippen molar-refractivity contribution in [3.05, 3.63) is 59.7 Å². The lowest BCUT2D eigenvalue weighted by molar-refractivity contribution is 0.624. The Morgan fingerprint density at radius 1 is 1.15 bits per heavy atom. The maximum Gasteiger partial charge on any atom is 0.147 e. The van der Waals surface area contributed by atoms with E-state index in [4.69, 9.17) is 18.0 Å². The van der Waals surface area contributed by atoms with E-state index in [1.54, 1.807) is 29.2 Å². The standard InChI is InChI=1S/C15H14F2N2S/c1-2-19(12-6-4-11(16)5-7-12)14-8-3-10(15(18)20)9-13(14)17/h3-9H,2H2,1H3,(H2,18,20). The van der Waals surface area contributed by atoms with E-state index in [0.29, 0.717) is 17.8 Å². The van der Waals surface area contributed by atoms with Gasteiger partial charge in [-0.1, -0.05) is 12.2 Å². The molecule has 0 fully saturated rings. The second-order valence-corrected chi connectivity index (χ2v) is 4.69. The molecule has 0 atom stereocenters. The van der Waals surface area contributed by atoms with E-state index in [0.717, 1.165) is 5.69 Å². The summed E-state index contributed by atoms with van der Waals surface area (Å²) in [7, 11) is 0. The zero-order valence-corrected chi connectivity index (χ0v) is 11.8. The molecule has 0 amide bonds. The van der Waals surface area contributed by atoms with Crippen molar-refractivity contribution < 1.29 is 8.78 Å². The Morgan fingerprint density at radius 2 is 1.80 bits per heavy atom. The quantitative estimate of drug-likeness (QED) is 0.870. The largest absolute Gasteiger partial charge is 0.389 e. The first-order valence-electron chi connectivity index (χ1n) is 6.15. The van der Waals surface area contributed by atoms with Gasteiger partial charge in [0.1, 0.15) is 16.6 Å². The van der Waals surface area contributed by atoms with Gasteiger partial charge in [-0.15, -0.1) is 0 Å². The van der Waals surface area contributed by atoms with E-state index in [9.17, 15) is 8.78 Å². The Bertz CT molecular complexity index is 626. The first-order valence-corrected chi connectivity index (χ1v) is 6.56. The van der Waals surface area contributed by atoms with Crippen LogP contribution in [0, 0.1) is 11.6 Å². The first-order chi connectivity index (χ1) is 9.52. The van der Waals surface area contributed by atoms with Crippen LogP contribution in [0.15, 0.2) is 42.5 Å². The number of halogens is 2. The van der Waals surface area contributed by atoms with Gasteiger partial charge >= 0.3 is 0 Å². The third-order valence-electron chi connectivity index (χ3n) is 2.98. The Balaban J connectivity index is 2.41. The van der Waals surface area contributed by atoms with Gasteiger partial charge < -0.3 is 10.6 Å². The highest BCUT2D eigenvalue weighted by atomic mass is 32.1. The van der Waals surface area contributed by atoms with Crippen molar-refractivity contribution in [3.8, 4) is 0 Å². The van der Waals surface area contributed by atoms with Gasteiger partial charge in [-0.2, -0.15) is 0 Å². The summed E-state index contributed by atoms with van der Waals surface area (Å²) in [5, 5.41) is 0. The Hall–Kier alpha value is -2.01. The Kier molecular flexibility index (Phi) is 4.29. The van der Waals surface area contributed by atoms with Crippen LogP contribution in [0.2, 0.25) is 0 Å². The minimum Gasteiger partial charge on any atom is -0.389 e. The molecule has 0 bridgehead atoms. The maximum atomic E-state index is 14.2. The lowest BCUT2D eigenvalue weighted by atomic mass is 10.1. The molecule has 0 aliphatic rings. The molecule has 0 aromatic heterocycles. The zero-order valence-electron chi connectivity index (χ0n) is 10.9. The van der Waals surface area contributed by atoms with E-state index in [2.05, 4.69) is 0 Å². The van der Waals surface area contributed by atoms with Crippen LogP contribution in [0.4, 0.5) is 20.2 Å². The fraction of sp³-hybridized carbons (Fsp3) is 0.133. The van der Waals surface area contributed by atoms with Gasteiger partial charge in [-0.25, -0.2) is 8.78 Å². The Morgan fingerprint density at radius 3 is 2.30 bits per heavy atom. The van der Waals surface area contributed by atoms with Crippen LogP contribution in [0.3, 0.4) is 0 Å². The number of rotatable bonds is 4. The topological polar surface area (TPSA) is 29.3 Å². The number of thiocarbonyl (C=S) groups is 1. The van der Waals surface area contributed by atoms with Crippen molar-refractivity contribution >= 4 is 28.6 Å². The number of benzene rings is 2. The molecule has 0 spiro atoms. The van der Waals surface area contributed by atoms with Crippen LogP contribution >= 0.6 is 12.2 Å². The predicted molar refractivity (Wildman–Crippen MR) is 81.4 cm³/mol. The third-order valence-corrected chi connectivity index (χ3v) is 3.21. The zero-order chi connectivity index (χ0) is 14.7. The van der Waals surface area contributed by atoms with Gasteiger partial charge in [-0.05, 0) is 49.4 Å². The Labute approximate surface area is 121 Å². The van der Waals surface area contributed by atoms with Crippen LogP contribution in [-0.2, 0) is 0 Å². The normalized spacial score (nSPS) is 10.3. The van der Waals surface area contributed by atoms with E-state index in [1.807, 2.05) is 6.92 Å². The summed E-state index contributed by atoms with van der Waals surface area (Å²) < 4.78 is 27.1. The molecule has 2 aromatic rings. The molecular weight excluding hydrogens is 278 g/mol. The molecule has 0 aliphatic carbocycles. The summed E-state index contributed by atoms with van der Waals surface area (Å²) in [6.45, 7) is 2.44. The van der Waals surface area contributed by atoms with E-state index < -0.39 is 5.82 Å². The van der Waals surface area contributed by atoms with Crippen molar-refractivity contribution in [2.24, 2.45) is 5.73 Å². The first kappa shape index (κ1) is 14.4. The molecular formula is C15H14F2N2S. The summed E-state index contributed by atoms with van der Waals surface area (Å²) in [5.74, 6) is -0.740. The van der Waals surface area contributed by atoms with Crippen molar-refractivity contribution in [1.29, 1.82) is 0 Å². The van der Waals surface area contributed by atoms with E-state index in [-0.39, 0.29) is 10.8 Å². The number of nitrogens with two attached hydrogens (primary N) is 1. The minimum atomic E-state index is -0.415. The van der Waals surface area contributed by atoms with Crippen LogP contribution in [-0.4, -0.2) is 11.5 Å². The number of anilines is 2. The van der Waals surface area contributed by atoms with E-state index in [1.165, 1.54) is 18.2 Å². The van der Waals surface area contributed by atoms with Gasteiger partial charge in [0.05, 0.1) is 5.69 Å². The number of hydrogen-bond acceptors (Lipinski definition) is 2. The molecule has 0 aliphatic heterocycles. The fourth-order valence-corrected chi connectivity index (χ4v) is 2.12. The molecule has 2 nitrogen and oxygen atoms in total. The maximum absolute atomic E-state index is 14.2. The van der Waals surface area contributed by atoms with Gasteiger partial charge in [0.2, 0.25) is 0 Å². The van der Waals surface area contributed by atoms with Gasteiger partial charge in [0, 0.05) is 17.8 Å². The highest BCUT2D eigenvalue weighted by molar-refractivity contribution is 7.80.